The van der Waals surface area contributed by atoms with E-state index in [0.29, 0.717) is 52.7 Å². The minimum Gasteiger partial charge on any atom is -0.459 e. The zero-order valence-corrected chi connectivity index (χ0v) is 63.4. The minimum absolute atomic E-state index is 0.0184. The summed E-state index contributed by atoms with van der Waals surface area (Å²) in [5.41, 5.74) is 1.86. The Bertz CT molecular complexity index is 2930. The SMILES string of the molecule is C=C(C)C(=O)N(C)C1CC2CC1C1CCCCC21.C=C(C)C(=O)NC1CC2CC1C1CCCCC21.C=C(C)C(=O)OC1CC2CC1C1CCCCC21.C=CC(=O)N(C)C1CC2CC1C1CCCCC21.C=CC(=O)NC1CC2CC1C1CCCCC21.C=CC(=O)OC1CC2CC1C1CCCCC21. The smallest absolute Gasteiger partial charge is 0.333 e. The standard InChI is InChI=1S/C16H25NO.2C15H23NO.C15H22O2.C14H21NO.C14H20O2/c1-10(2)16(18)17(3)15-9-11-8-14(15)13-7-5-4-6-12(11)13;1-9(2)15(17)16-14-8-10-7-13(14)12-6-4-3-5-11(10)12;1-3-15(17)16(2)14-9-10-8-13(14)12-7-5-4-6-11(10)12;1-9(2)15(16)17-14-8-10-7-13(14)12-6-4-3-5-11(10)12;1-2-14(16)15-13-8-9-7-12(13)11-6-4-3-5-10(9)11;1-2-14(15)16-13-8-9-7-12(13)11-6-4-3-5-10(9)11/h11-15H,1,4-9H2,2-3H3;10-14H,1,3-8H2,2H3,(H,16,17);3,10-14H,1,4-9H2,2H3;10-14H,1,3-8H2,2H3;2,9-13H,1,3-8H2,(H,15,16);2,9-13H,1,3-8H2. The van der Waals surface area contributed by atoms with Crippen molar-refractivity contribution in [2.24, 2.45) is 142 Å². The van der Waals surface area contributed by atoms with Gasteiger partial charge in [0, 0.05) is 61.1 Å². The highest BCUT2D eigenvalue weighted by Crippen LogP contribution is 2.63. The van der Waals surface area contributed by atoms with E-state index in [0.717, 1.165) is 143 Å². The zero-order chi connectivity index (χ0) is 71.1. The molecule has 18 aliphatic rings. The van der Waals surface area contributed by atoms with Crippen LogP contribution in [0.2, 0.25) is 0 Å². The van der Waals surface area contributed by atoms with E-state index in [2.05, 4.69) is 50.1 Å². The number of hydrogen-bond acceptors (Lipinski definition) is 8. The first kappa shape index (κ1) is 74.5. The Morgan fingerprint density at radius 1 is 0.337 bits per heavy atom. The van der Waals surface area contributed by atoms with Gasteiger partial charge in [-0.05, 0) is 329 Å². The third kappa shape index (κ3) is 15.5. The van der Waals surface area contributed by atoms with Gasteiger partial charge in [-0.15, -0.1) is 0 Å². The van der Waals surface area contributed by atoms with Crippen LogP contribution in [0.4, 0.5) is 0 Å². The molecule has 558 valence electrons. The Kier molecular flexibility index (Phi) is 24.0. The molecule has 0 aromatic heterocycles. The fourth-order valence-electron chi connectivity index (χ4n) is 28.5. The van der Waals surface area contributed by atoms with Gasteiger partial charge in [0.25, 0.3) is 0 Å². The van der Waals surface area contributed by atoms with Crippen molar-refractivity contribution in [1.29, 1.82) is 0 Å². The largest absolute Gasteiger partial charge is 0.459 e. The molecule has 0 saturated heterocycles. The third-order valence-electron chi connectivity index (χ3n) is 32.3. The topological polar surface area (TPSA) is 151 Å². The molecular formula is C89H134N4O8. The molecule has 12 heteroatoms. The summed E-state index contributed by atoms with van der Waals surface area (Å²) in [7, 11) is 3.95. The summed E-state index contributed by atoms with van der Waals surface area (Å²) in [6.45, 7) is 27.2. The summed E-state index contributed by atoms with van der Waals surface area (Å²) in [5.74, 6) is 21.0. The van der Waals surface area contributed by atoms with E-state index in [9.17, 15) is 28.8 Å². The van der Waals surface area contributed by atoms with E-state index in [-0.39, 0.29) is 47.8 Å². The molecule has 0 heterocycles. The molecule has 18 rings (SSSR count). The number of ether oxygens (including phenoxy) is 2. The normalized spacial score (nSPS) is 43.5. The van der Waals surface area contributed by atoms with E-state index in [1.54, 1.807) is 13.8 Å². The Hall–Kier alpha value is -4.74. The summed E-state index contributed by atoms with van der Waals surface area (Å²) in [5, 5.41) is 6.34. The predicted octanol–water partition coefficient (Wildman–Crippen LogP) is 17.7. The lowest BCUT2D eigenvalue weighted by Gasteiger charge is -2.42. The van der Waals surface area contributed by atoms with Crippen molar-refractivity contribution >= 4 is 35.6 Å². The van der Waals surface area contributed by atoms with Gasteiger partial charge in [-0.25, -0.2) is 9.59 Å². The number of carbonyl (C=O) groups excluding carboxylic acids is 6. The molecular weight excluding hydrogens is 1250 g/mol. The van der Waals surface area contributed by atoms with Gasteiger partial charge in [-0.3, -0.25) is 19.2 Å². The number of fused-ring (bicyclic) bond motifs is 30. The average molecular weight is 1390 g/mol. The molecule has 0 spiro atoms. The summed E-state index contributed by atoms with van der Waals surface area (Å²) < 4.78 is 11.1. The van der Waals surface area contributed by atoms with Crippen LogP contribution in [-0.4, -0.2) is 95.8 Å². The number of rotatable bonds is 12. The Labute approximate surface area is 609 Å². The highest BCUT2D eigenvalue weighted by molar-refractivity contribution is 5.93. The van der Waals surface area contributed by atoms with Crippen LogP contribution < -0.4 is 10.6 Å². The Balaban J connectivity index is 0.000000108. The summed E-state index contributed by atoms with van der Waals surface area (Å²) in [4.78, 5) is 73.8. The molecule has 4 amide bonds. The molecule has 30 unspecified atom stereocenters. The van der Waals surface area contributed by atoms with Crippen LogP contribution in [0, 0.1) is 142 Å². The zero-order valence-electron chi connectivity index (χ0n) is 63.4. The van der Waals surface area contributed by atoms with Crippen molar-refractivity contribution in [3.63, 3.8) is 0 Å². The van der Waals surface area contributed by atoms with Gasteiger partial charge in [-0.1, -0.05) is 117 Å². The Morgan fingerprint density at radius 2 is 0.663 bits per heavy atom. The first-order valence-electron chi connectivity index (χ1n) is 42.1. The summed E-state index contributed by atoms with van der Waals surface area (Å²) >= 11 is 0. The van der Waals surface area contributed by atoms with Gasteiger partial charge in [0.05, 0.1) is 0 Å². The molecule has 12 bridgehead atoms. The first-order chi connectivity index (χ1) is 48.7. The maximum absolute atomic E-state index is 12.1. The minimum atomic E-state index is -0.232. The van der Waals surface area contributed by atoms with Crippen molar-refractivity contribution in [3.8, 4) is 0 Å². The molecule has 30 atom stereocenters. The molecule has 18 fully saturated rings. The van der Waals surface area contributed by atoms with Crippen molar-refractivity contribution in [1.82, 2.24) is 20.4 Å². The fourth-order valence-corrected chi connectivity index (χ4v) is 28.5. The van der Waals surface area contributed by atoms with E-state index in [1.165, 1.54) is 237 Å². The monoisotopic (exact) mass is 1390 g/mol. The van der Waals surface area contributed by atoms with Crippen LogP contribution in [0.15, 0.2) is 74.4 Å². The molecule has 101 heavy (non-hydrogen) atoms. The van der Waals surface area contributed by atoms with Crippen LogP contribution in [-0.2, 0) is 38.2 Å². The number of hydrogen-bond donors (Lipinski definition) is 2. The summed E-state index contributed by atoms with van der Waals surface area (Å²) in [6, 6.07) is 1.90. The van der Waals surface area contributed by atoms with Crippen molar-refractivity contribution < 1.29 is 38.2 Å². The summed E-state index contributed by atoms with van der Waals surface area (Å²) in [6.07, 6.45) is 53.9. The molecule has 12 nitrogen and oxygen atoms in total. The van der Waals surface area contributed by atoms with Crippen LogP contribution in [0.5, 0.6) is 0 Å². The lowest BCUT2D eigenvalue weighted by Crippen LogP contribution is -2.45. The second-order valence-corrected chi connectivity index (χ2v) is 37.1. The number of esters is 2. The number of amides is 4. The number of carbonyl (C=O) groups is 6. The van der Waals surface area contributed by atoms with Crippen LogP contribution in [0.25, 0.3) is 0 Å². The number of nitrogens with one attached hydrogen (secondary N) is 2. The van der Waals surface area contributed by atoms with E-state index in [1.807, 2.05) is 30.8 Å². The van der Waals surface area contributed by atoms with E-state index >= 15 is 0 Å². The molecule has 18 aliphatic carbocycles. The van der Waals surface area contributed by atoms with Gasteiger partial charge in [0.2, 0.25) is 23.6 Å². The average Bonchev–Trinajstić information content (AvgIpc) is 1.68. The quantitative estimate of drug-likeness (QED) is 0.145. The van der Waals surface area contributed by atoms with Crippen molar-refractivity contribution in [2.45, 2.75) is 288 Å². The molecule has 0 aromatic rings. The van der Waals surface area contributed by atoms with Crippen LogP contribution in [0.3, 0.4) is 0 Å². The highest BCUT2D eigenvalue weighted by atomic mass is 16.5. The van der Waals surface area contributed by atoms with Crippen molar-refractivity contribution in [3.05, 3.63) is 74.4 Å². The third-order valence-corrected chi connectivity index (χ3v) is 32.3. The fraction of sp³-hybridized carbons (Fsp3) is 0.798. The maximum atomic E-state index is 12.1. The van der Waals surface area contributed by atoms with Gasteiger partial charge in [-0.2, -0.15) is 0 Å². The van der Waals surface area contributed by atoms with Gasteiger partial charge in [0.15, 0.2) is 0 Å². The molecule has 2 N–H and O–H groups in total. The highest BCUT2D eigenvalue weighted by Gasteiger charge is 2.59. The van der Waals surface area contributed by atoms with E-state index in [4.69, 9.17) is 9.47 Å². The number of nitrogens with zero attached hydrogens (tertiary/aromatic N) is 2. The van der Waals surface area contributed by atoms with Gasteiger partial charge >= 0.3 is 11.9 Å². The molecule has 0 aromatic carbocycles. The van der Waals surface area contributed by atoms with Gasteiger partial charge < -0.3 is 29.9 Å². The lowest BCUT2D eigenvalue weighted by molar-refractivity contribution is -0.149. The van der Waals surface area contributed by atoms with E-state index < -0.39 is 0 Å². The second kappa shape index (κ2) is 32.5. The van der Waals surface area contributed by atoms with Gasteiger partial charge in [0.1, 0.15) is 12.2 Å². The number of likely N-dealkylation sites (N-methyl/N-ethyl adjacent to an activating group) is 2. The molecule has 0 aliphatic heterocycles. The first-order valence-corrected chi connectivity index (χ1v) is 42.1. The maximum Gasteiger partial charge on any atom is 0.333 e. The van der Waals surface area contributed by atoms with Crippen LogP contribution >= 0.6 is 0 Å². The lowest BCUT2D eigenvalue weighted by atomic mass is 9.69. The molecule has 0 radical (unpaired) electrons. The van der Waals surface area contributed by atoms with Crippen molar-refractivity contribution in [2.75, 3.05) is 14.1 Å². The van der Waals surface area contributed by atoms with Crippen LogP contribution in [0.1, 0.15) is 252 Å². The Morgan fingerprint density at radius 3 is 1.03 bits per heavy atom. The predicted molar refractivity (Wildman–Crippen MR) is 402 cm³/mol. The molecule has 18 saturated carbocycles. The second-order valence-electron chi connectivity index (χ2n) is 37.1.